The summed E-state index contributed by atoms with van der Waals surface area (Å²) in [5, 5.41) is 0. The molecule has 28 heavy (non-hydrogen) atoms. The first kappa shape index (κ1) is 15.2. The maximum Gasteiger partial charge on any atom is 0.212 e. The molecule has 1 heterocycles. The van der Waals surface area contributed by atoms with Crippen molar-refractivity contribution in [1.82, 2.24) is 0 Å². The van der Waals surface area contributed by atoms with Gasteiger partial charge in [0.25, 0.3) is 0 Å². The Kier molecular flexibility index (Phi) is 4.57. The summed E-state index contributed by atoms with van der Waals surface area (Å²) in [6.07, 6.45) is -3.26. The highest BCUT2D eigenvalue weighted by Gasteiger charge is 2.24. The molecule has 154 valence electrons. The Balaban J connectivity index is 2.87. The van der Waals surface area contributed by atoms with Gasteiger partial charge in [0.1, 0.15) is 7.05 Å². The molecule has 0 spiro atoms. The van der Waals surface area contributed by atoms with Gasteiger partial charge < -0.3 is 0 Å². The minimum Gasteiger partial charge on any atom is -0.201 e. The van der Waals surface area contributed by atoms with Crippen LogP contribution in [-0.2, 0) is 26.2 Å². The van der Waals surface area contributed by atoms with Gasteiger partial charge in [-0.25, -0.2) is 4.57 Å². The monoisotopic (exact) mass is 386 g/mol. The van der Waals surface area contributed by atoms with Crippen LogP contribution >= 0.6 is 0 Å². The van der Waals surface area contributed by atoms with Gasteiger partial charge in [0.05, 0.1) is 0 Å². The van der Waals surface area contributed by atoms with Crippen molar-refractivity contribution in [3.8, 4) is 11.3 Å². The molecule has 0 aliphatic carbocycles. The molecule has 0 aliphatic heterocycles. The molecule has 0 fully saturated rings. The van der Waals surface area contributed by atoms with Crippen LogP contribution in [-0.4, -0.2) is 0 Å². The van der Waals surface area contributed by atoms with E-state index in [1.165, 1.54) is 0 Å². The van der Waals surface area contributed by atoms with Gasteiger partial charge >= 0.3 is 0 Å². The maximum atomic E-state index is 9.03. The molecule has 0 amide bonds. The van der Waals surface area contributed by atoms with Gasteiger partial charge in [0, 0.05) is 25.4 Å². The van der Waals surface area contributed by atoms with Crippen molar-refractivity contribution in [3.05, 3.63) is 52.7 Å². The van der Waals surface area contributed by atoms with E-state index >= 15 is 0 Å². The van der Waals surface area contributed by atoms with Crippen LogP contribution < -0.4 is 4.57 Å². The van der Waals surface area contributed by atoms with Crippen LogP contribution in [0.2, 0.25) is 0 Å². The normalized spacial score (nSPS) is 17.4. The van der Waals surface area contributed by atoms with Crippen LogP contribution in [0.3, 0.4) is 0 Å². The van der Waals surface area contributed by atoms with Gasteiger partial charge in [0.15, 0.2) is 6.20 Å². The highest BCUT2D eigenvalue weighted by Crippen LogP contribution is 2.31. The summed E-state index contributed by atoms with van der Waals surface area (Å²) < 4.78 is 54.7. The minimum atomic E-state index is -1.78. The van der Waals surface area contributed by atoms with Gasteiger partial charge in [-0.05, 0) is 65.5 Å². The summed E-state index contributed by atoms with van der Waals surface area (Å²) in [5.74, 6) is -0.168. The quantitative estimate of drug-likeness (QED) is 0.494. The van der Waals surface area contributed by atoms with E-state index in [4.69, 9.17) is 8.22 Å². The standard InChI is InChI=1S/C27H42N/c1-19(2)13-21-11-12-24(20(3)14-21)25-15-22(16-26(4,5)6)23(18-28(25)10)17-27(7,8)9/h11-12,14-15,18-19H,13,16-17H2,1-10H3/q+1/i13D2,16D2,17D2. The zero-order chi connectivity index (χ0) is 26.7. The lowest BCUT2D eigenvalue weighted by molar-refractivity contribution is -0.660. The van der Waals surface area contributed by atoms with E-state index in [1.807, 2.05) is 92.1 Å². The Morgan fingerprint density at radius 2 is 1.50 bits per heavy atom. The number of aryl methyl sites for hydroxylation is 2. The largest absolute Gasteiger partial charge is 0.212 e. The molecular weight excluding hydrogens is 338 g/mol. The summed E-state index contributed by atoms with van der Waals surface area (Å²) >= 11 is 0. The Morgan fingerprint density at radius 1 is 0.929 bits per heavy atom. The third-order valence-electron chi connectivity index (χ3n) is 4.25. The van der Waals surface area contributed by atoms with Crippen LogP contribution in [0.1, 0.15) is 85.9 Å². The highest BCUT2D eigenvalue weighted by molar-refractivity contribution is 5.62. The number of hydrogen-bond acceptors (Lipinski definition) is 0. The number of pyridine rings is 1. The van der Waals surface area contributed by atoms with Crippen LogP contribution in [0.4, 0.5) is 0 Å². The summed E-state index contributed by atoms with van der Waals surface area (Å²) in [7, 11) is 1.86. The summed E-state index contributed by atoms with van der Waals surface area (Å²) in [4.78, 5) is 0. The Bertz CT molecular complexity index is 1060. The molecule has 1 heteroatoms. The molecule has 1 aromatic heterocycles. The fraction of sp³-hybridized carbons (Fsp3) is 0.593. The van der Waals surface area contributed by atoms with Gasteiger partial charge in [-0.2, -0.15) is 0 Å². The van der Waals surface area contributed by atoms with Crippen molar-refractivity contribution in [2.24, 2.45) is 23.8 Å². The molecule has 1 nitrogen and oxygen atoms in total. The van der Waals surface area contributed by atoms with Crippen molar-refractivity contribution in [2.75, 3.05) is 0 Å². The average Bonchev–Trinajstić information content (AvgIpc) is 2.65. The fourth-order valence-electron chi connectivity index (χ4n) is 3.30. The molecule has 0 N–H and O–H groups in total. The number of benzene rings is 1. The smallest absolute Gasteiger partial charge is 0.201 e. The maximum absolute atomic E-state index is 9.03. The molecule has 2 rings (SSSR count). The molecule has 0 radical (unpaired) electrons. The molecule has 0 saturated carbocycles. The first-order chi connectivity index (χ1) is 15.1. The van der Waals surface area contributed by atoms with Crippen molar-refractivity contribution in [2.45, 2.75) is 81.4 Å². The van der Waals surface area contributed by atoms with Crippen LogP contribution in [0.25, 0.3) is 11.3 Å². The van der Waals surface area contributed by atoms with E-state index < -0.39 is 29.9 Å². The topological polar surface area (TPSA) is 3.88 Å². The Hall–Kier alpha value is -1.63. The Morgan fingerprint density at radius 3 is 2.00 bits per heavy atom. The first-order valence-electron chi connectivity index (χ1n) is 13.2. The summed E-state index contributed by atoms with van der Waals surface area (Å²) in [6, 6.07) is 7.37. The van der Waals surface area contributed by atoms with Crippen molar-refractivity contribution >= 4 is 0 Å². The van der Waals surface area contributed by atoms with E-state index in [-0.39, 0.29) is 5.92 Å². The molecule has 0 atom stereocenters. The van der Waals surface area contributed by atoms with Crippen LogP contribution in [0.5, 0.6) is 0 Å². The second kappa shape index (κ2) is 8.39. The second-order valence-corrected chi connectivity index (χ2v) is 10.2. The molecular formula is C27H42N+. The highest BCUT2D eigenvalue weighted by atomic mass is 14.9. The zero-order valence-corrected chi connectivity index (χ0v) is 19.4. The lowest BCUT2D eigenvalue weighted by atomic mass is 9.81. The summed E-state index contributed by atoms with van der Waals surface area (Å²) in [6.45, 7) is 16.7. The predicted molar refractivity (Wildman–Crippen MR) is 123 cm³/mol. The van der Waals surface area contributed by atoms with Gasteiger partial charge in [0.2, 0.25) is 5.69 Å². The number of rotatable bonds is 5. The van der Waals surface area contributed by atoms with Crippen molar-refractivity contribution < 1.29 is 12.8 Å². The minimum absolute atomic E-state index is 0.168. The van der Waals surface area contributed by atoms with E-state index in [1.54, 1.807) is 12.3 Å². The summed E-state index contributed by atoms with van der Waals surface area (Å²) in [5.41, 5.74) is 2.39. The van der Waals surface area contributed by atoms with E-state index in [2.05, 4.69) is 0 Å². The molecule has 0 saturated heterocycles. The third kappa shape index (κ3) is 6.47. The molecule has 0 unspecified atom stereocenters. The molecule has 0 bridgehead atoms. The lowest BCUT2D eigenvalue weighted by Gasteiger charge is -2.24. The average molecular weight is 387 g/mol. The van der Waals surface area contributed by atoms with Crippen LogP contribution in [0, 0.1) is 23.7 Å². The van der Waals surface area contributed by atoms with E-state index in [0.29, 0.717) is 16.7 Å². The molecule has 2 aromatic rings. The fourth-order valence-corrected chi connectivity index (χ4v) is 3.30. The zero-order valence-electron chi connectivity index (χ0n) is 25.4. The molecule has 1 aromatic carbocycles. The van der Waals surface area contributed by atoms with Crippen LogP contribution in [0.15, 0.2) is 30.5 Å². The van der Waals surface area contributed by atoms with Crippen molar-refractivity contribution in [1.29, 1.82) is 0 Å². The Labute approximate surface area is 182 Å². The number of hydrogen-bond donors (Lipinski definition) is 0. The number of aromatic nitrogens is 1. The lowest BCUT2D eigenvalue weighted by Crippen LogP contribution is -2.33. The molecule has 0 aliphatic rings. The SMILES string of the molecule is [2H]C([2H])(c1ccc(-c2cc(C([2H])([2H])C(C)(C)C)c(C([2H])([2H])C(C)(C)C)c[n+]2C)c(C)c1)C(C)C. The van der Waals surface area contributed by atoms with Gasteiger partial charge in [-0.3, -0.25) is 0 Å². The number of nitrogens with zero attached hydrogens (tertiary/aromatic N) is 1. The predicted octanol–water partition coefficient (Wildman–Crippen LogP) is 6.86. The van der Waals surface area contributed by atoms with Gasteiger partial charge in [-0.15, -0.1) is 0 Å². The van der Waals surface area contributed by atoms with E-state index in [9.17, 15) is 0 Å². The van der Waals surface area contributed by atoms with E-state index in [0.717, 1.165) is 16.8 Å². The van der Waals surface area contributed by atoms with Gasteiger partial charge in [-0.1, -0.05) is 67.5 Å². The second-order valence-electron chi connectivity index (χ2n) is 10.2. The van der Waals surface area contributed by atoms with Crippen molar-refractivity contribution in [3.63, 3.8) is 0 Å². The third-order valence-corrected chi connectivity index (χ3v) is 4.25. The first-order valence-corrected chi connectivity index (χ1v) is 10.2.